The van der Waals surface area contributed by atoms with Crippen LogP contribution >= 0.6 is 0 Å². The second kappa shape index (κ2) is 12.0. The molecule has 0 spiro atoms. The third kappa shape index (κ3) is 6.33. The Hall–Kier alpha value is -3.65. The lowest BCUT2D eigenvalue weighted by Gasteiger charge is -2.41. The molecule has 2 aromatic heterocycles. The molecule has 0 aliphatic carbocycles. The van der Waals surface area contributed by atoms with E-state index in [1.165, 1.54) is 0 Å². The molecule has 8 nitrogen and oxygen atoms in total. The molecule has 0 saturated carbocycles. The first-order valence-corrected chi connectivity index (χ1v) is 13.8. The Morgan fingerprint density at radius 3 is 2.41 bits per heavy atom. The Balaban J connectivity index is 1.75. The van der Waals surface area contributed by atoms with Gasteiger partial charge in [0.05, 0.1) is 7.11 Å². The lowest BCUT2D eigenvalue weighted by Crippen LogP contribution is -2.51. The second-order valence-electron chi connectivity index (χ2n) is 10.8. The van der Waals surface area contributed by atoms with Crippen molar-refractivity contribution in [3.63, 3.8) is 0 Å². The largest absolute Gasteiger partial charge is 0.481 e. The van der Waals surface area contributed by atoms with Crippen LogP contribution in [0.4, 0.5) is 5.69 Å². The number of benzene rings is 1. The smallest absolute Gasteiger partial charge is 0.253 e. The first kappa shape index (κ1) is 28.4. The molecular formula is C31H41N5O3. The molecule has 1 aliphatic heterocycles. The van der Waals surface area contributed by atoms with Crippen molar-refractivity contribution in [2.24, 2.45) is 0 Å². The van der Waals surface area contributed by atoms with Gasteiger partial charge in [-0.2, -0.15) is 0 Å². The fourth-order valence-corrected chi connectivity index (χ4v) is 5.85. The van der Waals surface area contributed by atoms with E-state index in [2.05, 4.69) is 52.3 Å². The number of hydrogen-bond donors (Lipinski definition) is 3. The number of pyridine rings is 2. The zero-order valence-electron chi connectivity index (χ0n) is 24.1. The van der Waals surface area contributed by atoms with Crippen molar-refractivity contribution in [2.75, 3.05) is 18.6 Å². The second-order valence-corrected chi connectivity index (χ2v) is 10.8. The van der Waals surface area contributed by atoms with E-state index < -0.39 is 0 Å². The summed E-state index contributed by atoms with van der Waals surface area (Å²) < 4.78 is 5.25. The van der Waals surface area contributed by atoms with Crippen molar-refractivity contribution in [1.29, 1.82) is 0 Å². The van der Waals surface area contributed by atoms with Gasteiger partial charge in [-0.05, 0) is 95.3 Å². The molecule has 1 fully saturated rings. The number of amides is 1. The Morgan fingerprint density at radius 2 is 1.82 bits per heavy atom. The monoisotopic (exact) mass is 531 g/mol. The van der Waals surface area contributed by atoms with Crippen LogP contribution in [0.3, 0.4) is 0 Å². The summed E-state index contributed by atoms with van der Waals surface area (Å²) in [6.45, 7) is 13.4. The predicted octanol–water partition coefficient (Wildman–Crippen LogP) is 4.66. The molecule has 2 atom stereocenters. The summed E-state index contributed by atoms with van der Waals surface area (Å²) in [6.07, 6.45) is 3.83. The molecule has 3 aromatic rings. The van der Waals surface area contributed by atoms with Crippen molar-refractivity contribution in [3.8, 4) is 17.0 Å². The topological polar surface area (TPSA) is 99.3 Å². The third-order valence-electron chi connectivity index (χ3n) is 7.73. The van der Waals surface area contributed by atoms with Crippen LogP contribution < -0.4 is 25.8 Å². The van der Waals surface area contributed by atoms with Crippen molar-refractivity contribution in [3.05, 3.63) is 74.8 Å². The van der Waals surface area contributed by atoms with E-state index >= 15 is 0 Å². The molecule has 1 saturated heterocycles. The minimum atomic E-state index is -0.209. The Labute approximate surface area is 231 Å². The molecule has 8 heteroatoms. The zero-order valence-corrected chi connectivity index (χ0v) is 24.1. The van der Waals surface area contributed by atoms with Crippen LogP contribution in [0.15, 0.2) is 41.3 Å². The van der Waals surface area contributed by atoms with Crippen LogP contribution in [-0.4, -0.2) is 47.7 Å². The lowest BCUT2D eigenvalue weighted by molar-refractivity contribution is 0.0950. The number of carbonyl (C=O) groups excluding carboxylic acids is 1. The number of nitrogens with one attached hydrogen (secondary N) is 3. The molecule has 3 N–H and O–H groups in total. The highest BCUT2D eigenvalue weighted by molar-refractivity contribution is 5.99. The highest BCUT2D eigenvalue weighted by Gasteiger charge is 2.29. The van der Waals surface area contributed by atoms with Gasteiger partial charge in [0.15, 0.2) is 0 Å². The summed E-state index contributed by atoms with van der Waals surface area (Å²) in [4.78, 5) is 35.9. The highest BCUT2D eigenvalue weighted by atomic mass is 16.5. The van der Waals surface area contributed by atoms with Gasteiger partial charge in [-0.25, -0.2) is 4.98 Å². The fourth-order valence-electron chi connectivity index (χ4n) is 5.85. The molecule has 1 aliphatic rings. The summed E-state index contributed by atoms with van der Waals surface area (Å²) in [5.74, 6) is 0.329. The number of aromatic amines is 1. The maximum Gasteiger partial charge on any atom is 0.253 e. The number of methoxy groups -OCH3 is 1. The van der Waals surface area contributed by atoms with Crippen molar-refractivity contribution in [1.82, 2.24) is 20.6 Å². The Kier molecular flexibility index (Phi) is 8.75. The van der Waals surface area contributed by atoms with Gasteiger partial charge in [-0.3, -0.25) is 9.59 Å². The number of carbonyl (C=O) groups is 1. The van der Waals surface area contributed by atoms with Crippen molar-refractivity contribution >= 4 is 11.6 Å². The fraction of sp³-hybridized carbons (Fsp3) is 0.452. The quantitative estimate of drug-likeness (QED) is 0.391. The number of aromatic nitrogens is 2. The number of piperidine rings is 1. The lowest BCUT2D eigenvalue weighted by atomic mass is 9.91. The Morgan fingerprint density at radius 1 is 1.10 bits per heavy atom. The van der Waals surface area contributed by atoms with Gasteiger partial charge >= 0.3 is 0 Å². The van der Waals surface area contributed by atoms with E-state index in [1.807, 2.05) is 45.0 Å². The van der Waals surface area contributed by atoms with Crippen LogP contribution in [0.1, 0.15) is 66.4 Å². The Bertz CT molecular complexity index is 1370. The van der Waals surface area contributed by atoms with Gasteiger partial charge in [0.25, 0.3) is 11.5 Å². The van der Waals surface area contributed by atoms with Gasteiger partial charge in [0.2, 0.25) is 5.88 Å². The summed E-state index contributed by atoms with van der Waals surface area (Å²) in [7, 11) is 1.59. The van der Waals surface area contributed by atoms with Crippen LogP contribution in [-0.2, 0) is 6.54 Å². The maximum absolute atomic E-state index is 13.7. The SMILES string of the molecule is CCN(c1cc(-c2ccc(OC)nc2)cc(C(=O)NCc2c(C)cc(C)[nH]c2=O)c1C)C1C[C@@H](C)N[C@H](C)C1. The van der Waals surface area contributed by atoms with Crippen LogP contribution in [0.2, 0.25) is 0 Å². The number of nitrogens with zero attached hydrogens (tertiary/aromatic N) is 2. The molecule has 1 aromatic carbocycles. The summed E-state index contributed by atoms with van der Waals surface area (Å²) in [5, 5.41) is 6.65. The van der Waals surface area contributed by atoms with E-state index in [-0.39, 0.29) is 18.0 Å². The standard InChI is InChI=1S/C31H41N5O3/c1-8-36(25-12-20(4)34-21(5)13-25)28-15-24(23-9-10-29(39-7)32-16-23)14-26(22(28)6)30(37)33-17-27-18(2)11-19(3)35-31(27)38/h9-11,14-16,20-21,25,34H,8,12-13,17H2,1-7H3,(H,33,37)(H,35,38)/t20-,21-/m1/s1. The van der Waals surface area contributed by atoms with Crippen molar-refractivity contribution in [2.45, 2.75) is 79.1 Å². The molecule has 1 amide bonds. The third-order valence-corrected chi connectivity index (χ3v) is 7.73. The number of rotatable bonds is 8. The average molecular weight is 532 g/mol. The first-order chi connectivity index (χ1) is 18.6. The van der Waals surface area contributed by atoms with Gasteiger partial charge in [-0.15, -0.1) is 0 Å². The normalized spacial score (nSPS) is 19.0. The molecular weight excluding hydrogens is 490 g/mol. The number of ether oxygens (including phenoxy) is 1. The van der Waals surface area contributed by atoms with Gasteiger partial charge in [0, 0.05) is 71.5 Å². The number of aryl methyl sites for hydroxylation is 2. The van der Waals surface area contributed by atoms with Crippen molar-refractivity contribution < 1.29 is 9.53 Å². The van der Waals surface area contributed by atoms with Crippen LogP contribution in [0, 0.1) is 20.8 Å². The van der Waals surface area contributed by atoms with E-state index in [4.69, 9.17) is 4.74 Å². The molecule has 208 valence electrons. The summed E-state index contributed by atoms with van der Waals surface area (Å²) >= 11 is 0. The summed E-state index contributed by atoms with van der Waals surface area (Å²) in [5.41, 5.74) is 6.43. The molecule has 0 radical (unpaired) electrons. The average Bonchev–Trinajstić information content (AvgIpc) is 2.89. The minimum Gasteiger partial charge on any atom is -0.481 e. The van der Waals surface area contributed by atoms with Crippen LogP contribution in [0.25, 0.3) is 11.1 Å². The van der Waals surface area contributed by atoms with Gasteiger partial charge in [0.1, 0.15) is 0 Å². The number of H-pyrrole nitrogens is 1. The molecule has 4 rings (SSSR count). The molecule has 39 heavy (non-hydrogen) atoms. The van der Waals surface area contributed by atoms with Gasteiger partial charge in [-0.1, -0.05) is 0 Å². The zero-order chi connectivity index (χ0) is 28.3. The number of hydrogen-bond acceptors (Lipinski definition) is 6. The molecule has 0 bridgehead atoms. The predicted molar refractivity (Wildman–Crippen MR) is 157 cm³/mol. The van der Waals surface area contributed by atoms with E-state index in [0.29, 0.717) is 35.1 Å². The molecule has 3 heterocycles. The summed E-state index contributed by atoms with van der Waals surface area (Å²) in [6, 6.07) is 11.0. The van der Waals surface area contributed by atoms with E-state index in [9.17, 15) is 9.59 Å². The molecule has 0 unspecified atom stereocenters. The number of anilines is 1. The minimum absolute atomic E-state index is 0.157. The van der Waals surface area contributed by atoms with Gasteiger partial charge < -0.3 is 25.3 Å². The highest BCUT2D eigenvalue weighted by Crippen LogP contribution is 2.34. The van der Waals surface area contributed by atoms with E-state index in [1.54, 1.807) is 13.3 Å². The first-order valence-electron chi connectivity index (χ1n) is 13.8. The van der Waals surface area contributed by atoms with E-state index in [0.717, 1.165) is 53.0 Å². The van der Waals surface area contributed by atoms with Crippen LogP contribution in [0.5, 0.6) is 5.88 Å². The maximum atomic E-state index is 13.7.